The lowest BCUT2D eigenvalue weighted by atomic mass is 10.2. The first-order valence-electron chi connectivity index (χ1n) is 5.45. The van der Waals surface area contributed by atoms with Gasteiger partial charge in [0.25, 0.3) is 0 Å². The molecule has 1 aromatic heterocycles. The largest absolute Gasteiger partial charge is 0.493 e. The fourth-order valence-corrected chi connectivity index (χ4v) is 1.46. The Morgan fingerprint density at radius 3 is 2.62 bits per heavy atom. The zero-order chi connectivity index (χ0) is 12.0. The highest BCUT2D eigenvalue weighted by Gasteiger charge is 2.10. The Balaban J connectivity index is 2.71. The van der Waals surface area contributed by atoms with E-state index in [2.05, 4.69) is 24.1 Å². The van der Waals surface area contributed by atoms with Crippen molar-refractivity contribution in [1.29, 1.82) is 0 Å². The first-order chi connectivity index (χ1) is 7.69. The third-order valence-electron chi connectivity index (χ3n) is 2.21. The van der Waals surface area contributed by atoms with E-state index in [1.807, 2.05) is 0 Å². The molecule has 0 aliphatic carbocycles. The minimum atomic E-state index is 0.622. The predicted molar refractivity (Wildman–Crippen MR) is 63.9 cm³/mol. The third kappa shape index (κ3) is 3.38. The van der Waals surface area contributed by atoms with Crippen LogP contribution in [0.2, 0.25) is 0 Å². The summed E-state index contributed by atoms with van der Waals surface area (Å²) in [6.45, 7) is 5.99. The number of ether oxygens (including phenoxy) is 2. The minimum absolute atomic E-state index is 0.622. The predicted octanol–water partition coefficient (Wildman–Crippen LogP) is 1.84. The Bertz CT molecular complexity index is 327. The second-order valence-corrected chi connectivity index (χ2v) is 4.02. The van der Waals surface area contributed by atoms with E-state index in [9.17, 15) is 0 Å². The van der Waals surface area contributed by atoms with Crippen LogP contribution in [0, 0.1) is 5.92 Å². The fourth-order valence-electron chi connectivity index (χ4n) is 1.46. The molecule has 16 heavy (non-hydrogen) atoms. The molecular weight excluding hydrogens is 204 g/mol. The molecule has 90 valence electrons. The van der Waals surface area contributed by atoms with Crippen LogP contribution in [0.15, 0.2) is 12.3 Å². The Labute approximate surface area is 97.0 Å². The first kappa shape index (κ1) is 12.8. The third-order valence-corrected chi connectivity index (χ3v) is 2.21. The fraction of sp³-hybridized carbons (Fsp3) is 0.583. The molecule has 0 saturated carbocycles. The van der Waals surface area contributed by atoms with E-state index < -0.39 is 0 Å². The van der Waals surface area contributed by atoms with E-state index in [4.69, 9.17) is 9.47 Å². The number of pyridine rings is 1. The van der Waals surface area contributed by atoms with Gasteiger partial charge in [-0.3, -0.25) is 4.98 Å². The van der Waals surface area contributed by atoms with Gasteiger partial charge in [0.15, 0.2) is 11.5 Å². The van der Waals surface area contributed by atoms with E-state index in [0.29, 0.717) is 18.2 Å². The zero-order valence-electron chi connectivity index (χ0n) is 10.4. The average Bonchev–Trinajstić information content (AvgIpc) is 2.28. The molecule has 0 saturated heterocycles. The van der Waals surface area contributed by atoms with Crippen LogP contribution in [0.5, 0.6) is 11.5 Å². The van der Waals surface area contributed by atoms with Gasteiger partial charge in [-0.15, -0.1) is 0 Å². The second kappa shape index (κ2) is 6.33. The zero-order valence-corrected chi connectivity index (χ0v) is 10.4. The van der Waals surface area contributed by atoms with Crippen molar-refractivity contribution in [2.24, 2.45) is 5.92 Å². The molecule has 0 fully saturated rings. The van der Waals surface area contributed by atoms with E-state index in [1.165, 1.54) is 0 Å². The Morgan fingerprint density at radius 2 is 2.06 bits per heavy atom. The van der Waals surface area contributed by atoms with Crippen molar-refractivity contribution < 1.29 is 9.47 Å². The summed E-state index contributed by atoms with van der Waals surface area (Å²) >= 11 is 0. The van der Waals surface area contributed by atoms with Crippen molar-refractivity contribution in [2.45, 2.75) is 20.4 Å². The smallest absolute Gasteiger partial charge is 0.183 e. The molecule has 0 aromatic carbocycles. The number of hydrogen-bond acceptors (Lipinski definition) is 4. The summed E-state index contributed by atoms with van der Waals surface area (Å²) in [6, 6.07) is 1.80. The van der Waals surface area contributed by atoms with Crippen LogP contribution < -0.4 is 14.8 Å². The minimum Gasteiger partial charge on any atom is -0.493 e. The molecule has 0 atom stereocenters. The van der Waals surface area contributed by atoms with E-state index in [0.717, 1.165) is 18.0 Å². The Hall–Kier alpha value is -1.29. The van der Waals surface area contributed by atoms with Crippen molar-refractivity contribution in [3.8, 4) is 11.5 Å². The Morgan fingerprint density at radius 1 is 1.31 bits per heavy atom. The summed E-state index contributed by atoms with van der Waals surface area (Å²) in [7, 11) is 3.26. The van der Waals surface area contributed by atoms with E-state index in [1.54, 1.807) is 26.5 Å². The lowest BCUT2D eigenvalue weighted by Gasteiger charge is -2.12. The highest BCUT2D eigenvalue weighted by molar-refractivity contribution is 5.42. The molecule has 1 rings (SSSR count). The van der Waals surface area contributed by atoms with Crippen molar-refractivity contribution >= 4 is 0 Å². The summed E-state index contributed by atoms with van der Waals surface area (Å²) in [5.74, 6) is 2.05. The van der Waals surface area contributed by atoms with Crippen LogP contribution in [0.3, 0.4) is 0 Å². The summed E-state index contributed by atoms with van der Waals surface area (Å²) in [5, 5.41) is 3.33. The second-order valence-electron chi connectivity index (χ2n) is 4.02. The number of methoxy groups -OCH3 is 2. The monoisotopic (exact) mass is 224 g/mol. The number of aromatic nitrogens is 1. The summed E-state index contributed by atoms with van der Waals surface area (Å²) in [5.41, 5.74) is 0.877. The number of hydrogen-bond donors (Lipinski definition) is 1. The normalized spacial score (nSPS) is 10.6. The SMILES string of the molecule is COc1ccnc(CNCC(C)C)c1OC. The van der Waals surface area contributed by atoms with Gasteiger partial charge in [0.1, 0.15) is 0 Å². The summed E-state index contributed by atoms with van der Waals surface area (Å²) in [4.78, 5) is 4.29. The van der Waals surface area contributed by atoms with Gasteiger partial charge in [0, 0.05) is 18.8 Å². The van der Waals surface area contributed by atoms with Crippen LogP contribution >= 0.6 is 0 Å². The van der Waals surface area contributed by atoms with Crippen molar-refractivity contribution in [1.82, 2.24) is 10.3 Å². The molecule has 0 amide bonds. The van der Waals surface area contributed by atoms with Crippen LogP contribution in [-0.2, 0) is 6.54 Å². The van der Waals surface area contributed by atoms with Crippen LogP contribution in [-0.4, -0.2) is 25.7 Å². The van der Waals surface area contributed by atoms with Gasteiger partial charge in [-0.1, -0.05) is 13.8 Å². The van der Waals surface area contributed by atoms with Crippen molar-refractivity contribution in [3.05, 3.63) is 18.0 Å². The molecule has 4 nitrogen and oxygen atoms in total. The Kier molecular flexibility index (Phi) is 5.05. The van der Waals surface area contributed by atoms with Gasteiger partial charge in [0.2, 0.25) is 0 Å². The number of rotatable bonds is 6. The lowest BCUT2D eigenvalue weighted by Crippen LogP contribution is -2.20. The van der Waals surface area contributed by atoms with Crippen LogP contribution in [0.25, 0.3) is 0 Å². The molecule has 0 spiro atoms. The van der Waals surface area contributed by atoms with Gasteiger partial charge >= 0.3 is 0 Å². The standard InChI is InChI=1S/C12H20N2O2/c1-9(2)7-13-8-10-12(16-4)11(15-3)5-6-14-10/h5-6,9,13H,7-8H2,1-4H3. The lowest BCUT2D eigenvalue weighted by molar-refractivity contribution is 0.347. The highest BCUT2D eigenvalue weighted by Crippen LogP contribution is 2.28. The molecule has 1 heterocycles. The van der Waals surface area contributed by atoms with Gasteiger partial charge in [-0.05, 0) is 12.5 Å². The molecule has 1 aromatic rings. The highest BCUT2D eigenvalue weighted by atomic mass is 16.5. The molecule has 1 N–H and O–H groups in total. The maximum absolute atomic E-state index is 5.30. The number of nitrogens with one attached hydrogen (secondary N) is 1. The average molecular weight is 224 g/mol. The maximum atomic E-state index is 5.30. The molecule has 0 bridgehead atoms. The molecule has 0 aliphatic rings. The molecule has 4 heteroatoms. The molecule has 0 unspecified atom stereocenters. The van der Waals surface area contributed by atoms with Crippen LogP contribution in [0.4, 0.5) is 0 Å². The van der Waals surface area contributed by atoms with Gasteiger partial charge in [-0.25, -0.2) is 0 Å². The van der Waals surface area contributed by atoms with Gasteiger partial charge in [0.05, 0.1) is 19.9 Å². The van der Waals surface area contributed by atoms with Gasteiger partial charge < -0.3 is 14.8 Å². The van der Waals surface area contributed by atoms with Crippen LogP contribution in [0.1, 0.15) is 19.5 Å². The molecular formula is C12H20N2O2. The molecule has 0 radical (unpaired) electrons. The van der Waals surface area contributed by atoms with Crippen molar-refractivity contribution in [2.75, 3.05) is 20.8 Å². The first-order valence-corrected chi connectivity index (χ1v) is 5.45. The van der Waals surface area contributed by atoms with Crippen molar-refractivity contribution in [3.63, 3.8) is 0 Å². The topological polar surface area (TPSA) is 43.4 Å². The van der Waals surface area contributed by atoms with Gasteiger partial charge in [-0.2, -0.15) is 0 Å². The molecule has 0 aliphatic heterocycles. The quantitative estimate of drug-likeness (QED) is 0.800. The summed E-state index contributed by atoms with van der Waals surface area (Å²) < 4.78 is 10.5. The summed E-state index contributed by atoms with van der Waals surface area (Å²) in [6.07, 6.45) is 1.73. The number of nitrogens with zero attached hydrogens (tertiary/aromatic N) is 1. The maximum Gasteiger partial charge on any atom is 0.183 e. The van der Waals surface area contributed by atoms with E-state index in [-0.39, 0.29) is 0 Å². The van der Waals surface area contributed by atoms with E-state index >= 15 is 0 Å².